The second kappa shape index (κ2) is 11.1. The van der Waals surface area contributed by atoms with Crippen LogP contribution in [-0.4, -0.2) is 25.0 Å². The summed E-state index contributed by atoms with van der Waals surface area (Å²) in [5, 5.41) is 3.90. The van der Waals surface area contributed by atoms with E-state index in [1.54, 1.807) is 12.3 Å². The summed E-state index contributed by atoms with van der Waals surface area (Å²) >= 11 is 11.1. The van der Waals surface area contributed by atoms with Gasteiger partial charge in [0.1, 0.15) is 34.8 Å². The van der Waals surface area contributed by atoms with Crippen LogP contribution in [-0.2, 0) is 4.84 Å². The van der Waals surface area contributed by atoms with E-state index in [4.69, 9.17) is 37.5 Å². The highest BCUT2D eigenvalue weighted by atomic mass is 35.5. The molecule has 0 fully saturated rings. The smallest absolute Gasteiger partial charge is 0.129 e. The number of ether oxygens (including phenoxy) is 2. The predicted molar refractivity (Wildman–Crippen MR) is 121 cm³/mol. The number of rotatable bonds is 9. The SMILES string of the molecule is CC(c1ccc(OCC=NOC(C)(C)C)cc1)c1ccc(OCC=C(Cl)Cl)cc1. The van der Waals surface area contributed by atoms with E-state index in [0.717, 1.165) is 11.5 Å². The van der Waals surface area contributed by atoms with Crippen LogP contribution in [0.2, 0.25) is 0 Å². The first-order valence-corrected chi connectivity index (χ1v) is 10.2. The van der Waals surface area contributed by atoms with Crippen LogP contribution in [0, 0.1) is 0 Å². The summed E-state index contributed by atoms with van der Waals surface area (Å²) in [7, 11) is 0. The molecule has 0 saturated carbocycles. The molecule has 2 aromatic rings. The van der Waals surface area contributed by atoms with Crippen molar-refractivity contribution >= 4 is 29.4 Å². The predicted octanol–water partition coefficient (Wildman–Crippen LogP) is 6.72. The Morgan fingerprint density at radius 1 is 0.897 bits per heavy atom. The van der Waals surface area contributed by atoms with Crippen LogP contribution in [0.4, 0.5) is 0 Å². The van der Waals surface area contributed by atoms with Crippen LogP contribution in [0.3, 0.4) is 0 Å². The highest BCUT2D eigenvalue weighted by Crippen LogP contribution is 2.27. The number of halogens is 2. The number of nitrogens with zero attached hydrogens (tertiary/aromatic N) is 1. The Labute approximate surface area is 183 Å². The van der Waals surface area contributed by atoms with E-state index in [9.17, 15) is 0 Å². The molecule has 0 heterocycles. The lowest BCUT2D eigenvalue weighted by molar-refractivity contribution is 0.00128. The third-order valence-corrected chi connectivity index (χ3v) is 4.28. The van der Waals surface area contributed by atoms with E-state index in [1.165, 1.54) is 11.1 Å². The van der Waals surface area contributed by atoms with Crippen molar-refractivity contribution in [2.75, 3.05) is 13.2 Å². The summed E-state index contributed by atoms with van der Waals surface area (Å²) in [5.41, 5.74) is 2.10. The van der Waals surface area contributed by atoms with Gasteiger partial charge >= 0.3 is 0 Å². The van der Waals surface area contributed by atoms with Gasteiger partial charge in [-0.1, -0.05) is 59.5 Å². The third kappa shape index (κ3) is 8.80. The van der Waals surface area contributed by atoms with E-state index in [1.807, 2.05) is 45.0 Å². The molecule has 0 aromatic heterocycles. The van der Waals surface area contributed by atoms with Crippen LogP contribution in [0.15, 0.2) is 64.3 Å². The molecule has 0 N–H and O–H groups in total. The molecule has 156 valence electrons. The minimum Gasteiger partial charge on any atom is -0.489 e. The third-order valence-electron chi connectivity index (χ3n) is 3.97. The molecule has 6 heteroatoms. The molecule has 2 aromatic carbocycles. The van der Waals surface area contributed by atoms with Crippen molar-refractivity contribution in [3.8, 4) is 11.5 Å². The van der Waals surface area contributed by atoms with Crippen molar-refractivity contribution in [1.82, 2.24) is 0 Å². The monoisotopic (exact) mass is 435 g/mol. The van der Waals surface area contributed by atoms with Crippen LogP contribution in [0.1, 0.15) is 44.7 Å². The van der Waals surface area contributed by atoms with Gasteiger partial charge in [-0.25, -0.2) is 0 Å². The maximum atomic E-state index is 5.66. The zero-order valence-corrected chi connectivity index (χ0v) is 18.7. The summed E-state index contributed by atoms with van der Waals surface area (Å²) in [4.78, 5) is 5.27. The van der Waals surface area contributed by atoms with Crippen molar-refractivity contribution in [2.45, 2.75) is 39.2 Å². The quantitative estimate of drug-likeness (QED) is 0.324. The molecule has 0 spiro atoms. The molecule has 1 unspecified atom stereocenters. The highest BCUT2D eigenvalue weighted by Gasteiger charge is 2.10. The fourth-order valence-electron chi connectivity index (χ4n) is 2.46. The summed E-state index contributed by atoms with van der Waals surface area (Å²) in [6, 6.07) is 16.1. The standard InChI is InChI=1S/C23H27Cl2NO3/c1-17(18-5-9-20(10-6-18)27-15-13-22(24)25)19-7-11-21(12-8-19)28-16-14-26-29-23(2,3)4/h5-14,17H,15-16H2,1-4H3. The lowest BCUT2D eigenvalue weighted by Crippen LogP contribution is -2.16. The van der Waals surface area contributed by atoms with Crippen LogP contribution < -0.4 is 9.47 Å². The van der Waals surface area contributed by atoms with Crippen LogP contribution >= 0.6 is 23.2 Å². The van der Waals surface area contributed by atoms with Gasteiger partial charge < -0.3 is 14.3 Å². The lowest BCUT2D eigenvalue weighted by atomic mass is 9.93. The minimum absolute atomic E-state index is 0.202. The van der Waals surface area contributed by atoms with Crippen molar-refractivity contribution in [1.29, 1.82) is 0 Å². The Morgan fingerprint density at radius 3 is 1.83 bits per heavy atom. The number of hydrogen-bond acceptors (Lipinski definition) is 4. The molecular formula is C23H27Cl2NO3. The summed E-state index contributed by atoms with van der Waals surface area (Å²) in [6.45, 7) is 8.70. The van der Waals surface area contributed by atoms with Gasteiger partial charge in [-0.15, -0.1) is 0 Å². The molecule has 2 rings (SSSR count). The topological polar surface area (TPSA) is 40.0 Å². The van der Waals surface area contributed by atoms with Gasteiger partial charge in [0, 0.05) is 5.92 Å². The average Bonchev–Trinajstić information content (AvgIpc) is 2.67. The first-order chi connectivity index (χ1) is 13.7. The summed E-state index contributed by atoms with van der Waals surface area (Å²) in [6.07, 6.45) is 3.22. The zero-order valence-electron chi connectivity index (χ0n) is 17.2. The average molecular weight is 436 g/mol. The molecule has 0 amide bonds. The first kappa shape index (κ1) is 23.1. The fraction of sp³-hybridized carbons (Fsp3) is 0.348. The maximum absolute atomic E-state index is 5.66. The number of benzene rings is 2. The Kier molecular flexibility index (Phi) is 8.87. The largest absolute Gasteiger partial charge is 0.489 e. The van der Waals surface area contributed by atoms with E-state index >= 15 is 0 Å². The van der Waals surface area contributed by atoms with Crippen molar-refractivity contribution < 1.29 is 14.3 Å². The first-order valence-electron chi connectivity index (χ1n) is 9.41. The van der Waals surface area contributed by atoms with E-state index in [0.29, 0.717) is 13.2 Å². The van der Waals surface area contributed by atoms with Gasteiger partial charge in [0.25, 0.3) is 0 Å². The second-order valence-corrected chi connectivity index (χ2v) is 8.48. The molecule has 0 bridgehead atoms. The molecule has 0 radical (unpaired) electrons. The van der Waals surface area contributed by atoms with Crippen molar-refractivity contribution in [3.05, 3.63) is 70.2 Å². The van der Waals surface area contributed by atoms with Gasteiger partial charge in [-0.05, 0) is 62.2 Å². The minimum atomic E-state index is -0.298. The molecule has 0 aliphatic heterocycles. The molecule has 1 atom stereocenters. The Bertz CT molecular complexity index is 806. The highest BCUT2D eigenvalue weighted by molar-refractivity contribution is 6.55. The van der Waals surface area contributed by atoms with E-state index < -0.39 is 0 Å². The van der Waals surface area contributed by atoms with Crippen molar-refractivity contribution in [3.63, 3.8) is 0 Å². The molecule has 0 saturated heterocycles. The summed E-state index contributed by atoms with van der Waals surface area (Å²) in [5.74, 6) is 1.81. The second-order valence-electron chi connectivity index (χ2n) is 7.47. The number of hydrogen-bond donors (Lipinski definition) is 0. The van der Waals surface area contributed by atoms with Gasteiger partial charge in [-0.3, -0.25) is 0 Å². The Morgan fingerprint density at radius 2 is 1.38 bits per heavy atom. The molecule has 4 nitrogen and oxygen atoms in total. The lowest BCUT2D eigenvalue weighted by Gasteiger charge is -2.15. The van der Waals surface area contributed by atoms with E-state index in [-0.39, 0.29) is 16.0 Å². The summed E-state index contributed by atoms with van der Waals surface area (Å²) < 4.78 is 11.4. The normalized spacial score (nSPS) is 12.5. The van der Waals surface area contributed by atoms with Gasteiger partial charge in [-0.2, -0.15) is 0 Å². The maximum Gasteiger partial charge on any atom is 0.129 e. The van der Waals surface area contributed by atoms with Crippen molar-refractivity contribution in [2.24, 2.45) is 5.16 Å². The number of oxime groups is 1. The molecular weight excluding hydrogens is 409 g/mol. The van der Waals surface area contributed by atoms with Gasteiger partial charge in [0.15, 0.2) is 0 Å². The Hall–Kier alpha value is -2.17. The molecule has 0 aliphatic rings. The van der Waals surface area contributed by atoms with E-state index in [2.05, 4.69) is 36.3 Å². The fourth-order valence-corrected chi connectivity index (χ4v) is 2.58. The van der Waals surface area contributed by atoms with Crippen LogP contribution in [0.5, 0.6) is 11.5 Å². The van der Waals surface area contributed by atoms with Gasteiger partial charge in [0.2, 0.25) is 0 Å². The zero-order chi connectivity index (χ0) is 21.3. The Balaban J connectivity index is 1.88. The van der Waals surface area contributed by atoms with Crippen LogP contribution in [0.25, 0.3) is 0 Å². The molecule has 29 heavy (non-hydrogen) atoms. The molecule has 0 aliphatic carbocycles. The van der Waals surface area contributed by atoms with Gasteiger partial charge in [0.05, 0.1) is 6.21 Å².